The van der Waals surface area contributed by atoms with E-state index in [9.17, 15) is 9.59 Å². The summed E-state index contributed by atoms with van der Waals surface area (Å²) in [6.45, 7) is 6.35. The molecule has 0 aliphatic carbocycles. The summed E-state index contributed by atoms with van der Waals surface area (Å²) in [5.41, 5.74) is 6.09. The third kappa shape index (κ3) is 9.27. The second-order valence-electron chi connectivity index (χ2n) is 11.9. The van der Waals surface area contributed by atoms with E-state index in [1.807, 2.05) is 55.0 Å². The van der Waals surface area contributed by atoms with E-state index < -0.39 is 0 Å². The van der Waals surface area contributed by atoms with Gasteiger partial charge in [-0.3, -0.25) is 9.59 Å². The van der Waals surface area contributed by atoms with Crippen molar-refractivity contribution in [1.82, 2.24) is 14.9 Å². The Hall–Kier alpha value is -3.54. The molecule has 2 aliphatic heterocycles. The van der Waals surface area contributed by atoms with Crippen LogP contribution in [0.3, 0.4) is 0 Å². The van der Waals surface area contributed by atoms with Crippen LogP contribution in [0.25, 0.3) is 16.9 Å². The second kappa shape index (κ2) is 16.9. The molecule has 2 N–H and O–H groups in total. The van der Waals surface area contributed by atoms with Gasteiger partial charge in [-0.25, -0.2) is 4.98 Å². The van der Waals surface area contributed by atoms with Crippen LogP contribution in [-0.2, 0) is 23.8 Å². The highest BCUT2D eigenvalue weighted by molar-refractivity contribution is 8.00. The maximum Gasteiger partial charge on any atom is 0.305 e. The summed E-state index contributed by atoms with van der Waals surface area (Å²) in [5, 5.41) is 6.84. The van der Waals surface area contributed by atoms with Gasteiger partial charge in [0.1, 0.15) is 19.0 Å². The third-order valence-corrected chi connectivity index (χ3v) is 9.98. The van der Waals surface area contributed by atoms with Gasteiger partial charge in [-0.1, -0.05) is 18.6 Å². The minimum Gasteiger partial charge on any atom is -0.490 e. The highest BCUT2D eigenvalue weighted by atomic mass is 32.2. The number of aryl methyl sites for hydroxylation is 2. The zero-order valence-corrected chi connectivity index (χ0v) is 27.9. The molecule has 0 saturated carbocycles. The number of thioether (sulfide) groups is 1. The average molecular weight is 651 g/mol. The van der Waals surface area contributed by atoms with Gasteiger partial charge in [0.25, 0.3) is 0 Å². The maximum atomic E-state index is 12.0. The number of carbonyl (C=O) groups is 2. The van der Waals surface area contributed by atoms with Crippen LogP contribution in [0.15, 0.2) is 48.9 Å². The number of hydrogen-bond donors (Lipinski definition) is 2. The molecule has 5 rings (SSSR count). The van der Waals surface area contributed by atoms with Crippen LogP contribution in [0, 0.1) is 19.8 Å². The molecule has 248 valence electrons. The zero-order valence-electron chi connectivity index (χ0n) is 27.1. The fourth-order valence-corrected chi connectivity index (χ4v) is 7.64. The third-order valence-electron chi connectivity index (χ3n) is 8.42. The molecule has 11 heteroatoms. The van der Waals surface area contributed by atoms with Crippen molar-refractivity contribution in [3.63, 3.8) is 0 Å². The molecule has 2 aromatic carbocycles. The van der Waals surface area contributed by atoms with Crippen LogP contribution >= 0.6 is 11.8 Å². The number of imidazole rings is 1. The predicted molar refractivity (Wildman–Crippen MR) is 181 cm³/mol. The number of rotatable bonds is 18. The molecule has 3 atom stereocenters. The number of nitrogens with one attached hydrogen (secondary N) is 2. The predicted octanol–water partition coefficient (Wildman–Crippen LogP) is 5.33. The molecule has 1 amide bonds. The van der Waals surface area contributed by atoms with Crippen molar-refractivity contribution in [3.05, 3.63) is 60.0 Å². The number of anilines is 1. The SMILES string of the molecule is CNc1ccc(C)cc1-n1cnc(-c2ccc(C)cc2OCCOCCOCCOC(=O)CCCC[C@@H]2SC[C@@H]3NC(=O)C[C@@H]32)c1. The Bertz CT molecular complexity index is 1460. The van der Waals surface area contributed by atoms with Crippen molar-refractivity contribution in [2.24, 2.45) is 5.92 Å². The van der Waals surface area contributed by atoms with E-state index in [1.165, 1.54) is 5.56 Å². The van der Waals surface area contributed by atoms with E-state index in [0.29, 0.717) is 63.1 Å². The van der Waals surface area contributed by atoms with Gasteiger partial charge in [0.2, 0.25) is 5.91 Å². The molecule has 3 aromatic rings. The average Bonchev–Trinajstić information content (AvgIpc) is 3.77. The topological polar surface area (TPSA) is 113 Å². The molecule has 0 radical (unpaired) electrons. The molecule has 46 heavy (non-hydrogen) atoms. The summed E-state index contributed by atoms with van der Waals surface area (Å²) in [4.78, 5) is 28.3. The first-order chi connectivity index (χ1) is 22.4. The van der Waals surface area contributed by atoms with Crippen LogP contribution in [-0.4, -0.2) is 85.2 Å². The van der Waals surface area contributed by atoms with Crippen LogP contribution in [0.2, 0.25) is 0 Å². The van der Waals surface area contributed by atoms with E-state index >= 15 is 0 Å². The molecule has 2 saturated heterocycles. The van der Waals surface area contributed by atoms with Crippen LogP contribution in [0.1, 0.15) is 43.2 Å². The Morgan fingerprint density at radius 1 is 1.02 bits per heavy atom. The van der Waals surface area contributed by atoms with Crippen molar-refractivity contribution in [2.45, 2.75) is 57.2 Å². The van der Waals surface area contributed by atoms with Gasteiger partial charge in [0.05, 0.1) is 49.8 Å². The van der Waals surface area contributed by atoms with Crippen LogP contribution in [0.4, 0.5) is 5.69 Å². The summed E-state index contributed by atoms with van der Waals surface area (Å²) >= 11 is 1.95. The van der Waals surface area contributed by atoms with E-state index in [-0.39, 0.29) is 18.5 Å². The van der Waals surface area contributed by atoms with Gasteiger partial charge in [-0.05, 0) is 62.1 Å². The van der Waals surface area contributed by atoms with Gasteiger partial charge in [0.15, 0.2) is 0 Å². The molecule has 2 fully saturated rings. The highest BCUT2D eigenvalue weighted by Crippen LogP contribution is 2.40. The number of benzene rings is 2. The Morgan fingerprint density at radius 3 is 2.61 bits per heavy atom. The minimum atomic E-state index is -0.188. The lowest BCUT2D eigenvalue weighted by Crippen LogP contribution is -2.29. The number of ether oxygens (including phenoxy) is 4. The van der Waals surface area contributed by atoms with Gasteiger partial charge < -0.3 is 34.1 Å². The maximum absolute atomic E-state index is 12.0. The standard InChI is InChI=1S/C35H46N4O6S/c1-24-9-11-28(36-3)31(18-24)39-21-29(37-23-39)26-10-8-25(2)19-32(26)44-16-14-42-12-13-43-15-17-45-35(41)7-5-4-6-33-27-20-34(40)38-30(27)22-46-33/h8-11,18-19,21,23,27,30,33,36H,4-7,12-17,20,22H2,1-3H3,(H,38,40)/t27-,30-,33-/m0/s1. The largest absolute Gasteiger partial charge is 0.490 e. The lowest BCUT2D eigenvalue weighted by atomic mass is 9.94. The molecular formula is C35H46N4O6S. The number of esters is 1. The monoisotopic (exact) mass is 650 g/mol. The Morgan fingerprint density at radius 2 is 1.78 bits per heavy atom. The summed E-state index contributed by atoms with van der Waals surface area (Å²) in [6.07, 6.45) is 7.74. The molecule has 2 aliphatic rings. The number of unbranched alkanes of at least 4 members (excludes halogenated alkanes) is 1. The number of aromatic nitrogens is 2. The number of carbonyl (C=O) groups excluding carboxylic acids is 2. The van der Waals surface area contributed by atoms with Gasteiger partial charge in [-0.15, -0.1) is 0 Å². The number of amides is 1. The molecule has 0 spiro atoms. The van der Waals surface area contributed by atoms with Gasteiger partial charge in [-0.2, -0.15) is 11.8 Å². The van der Waals surface area contributed by atoms with Crippen LogP contribution < -0.4 is 15.4 Å². The fraction of sp³-hybridized carbons (Fsp3) is 0.514. The first kappa shape index (κ1) is 33.8. The van der Waals surface area contributed by atoms with E-state index in [0.717, 1.165) is 59.0 Å². The van der Waals surface area contributed by atoms with E-state index in [4.69, 9.17) is 18.9 Å². The molecule has 1 aromatic heterocycles. The normalized spacial score (nSPS) is 18.8. The van der Waals surface area contributed by atoms with Crippen LogP contribution in [0.5, 0.6) is 5.75 Å². The Labute approximate surface area is 275 Å². The molecule has 10 nitrogen and oxygen atoms in total. The fourth-order valence-electron chi connectivity index (χ4n) is 5.99. The highest BCUT2D eigenvalue weighted by Gasteiger charge is 2.42. The number of nitrogens with zero attached hydrogens (tertiary/aromatic N) is 2. The molecule has 3 heterocycles. The first-order valence-electron chi connectivity index (χ1n) is 16.2. The van der Waals surface area contributed by atoms with Crippen molar-refractivity contribution in [3.8, 4) is 22.7 Å². The van der Waals surface area contributed by atoms with Crippen molar-refractivity contribution in [2.75, 3.05) is 57.8 Å². The molecule has 0 bridgehead atoms. The van der Waals surface area contributed by atoms with Crippen molar-refractivity contribution >= 4 is 29.3 Å². The van der Waals surface area contributed by atoms with Gasteiger partial charge >= 0.3 is 5.97 Å². The second-order valence-corrected chi connectivity index (χ2v) is 13.2. The van der Waals surface area contributed by atoms with E-state index in [1.54, 1.807) is 0 Å². The summed E-state index contributed by atoms with van der Waals surface area (Å²) in [5.74, 6) is 2.23. The smallest absolute Gasteiger partial charge is 0.305 e. The lowest BCUT2D eigenvalue weighted by Gasteiger charge is -2.15. The molecule has 0 unspecified atom stereocenters. The minimum absolute atomic E-state index is 0.183. The molecular weight excluding hydrogens is 604 g/mol. The number of hydrogen-bond acceptors (Lipinski definition) is 9. The summed E-state index contributed by atoms with van der Waals surface area (Å²) in [6, 6.07) is 12.7. The summed E-state index contributed by atoms with van der Waals surface area (Å²) < 4.78 is 24.7. The number of fused-ring (bicyclic) bond motifs is 1. The zero-order chi connectivity index (χ0) is 32.3. The quantitative estimate of drug-likeness (QED) is 0.139. The van der Waals surface area contributed by atoms with Crippen molar-refractivity contribution in [1.29, 1.82) is 0 Å². The van der Waals surface area contributed by atoms with Crippen molar-refractivity contribution < 1.29 is 28.5 Å². The summed E-state index contributed by atoms with van der Waals surface area (Å²) in [7, 11) is 1.91. The van der Waals surface area contributed by atoms with E-state index in [2.05, 4.69) is 46.8 Å². The Balaban J connectivity index is 0.928. The Kier molecular flexibility index (Phi) is 12.4. The van der Waals surface area contributed by atoms with Gasteiger partial charge in [0, 0.05) is 54.6 Å². The first-order valence-corrected chi connectivity index (χ1v) is 17.2. The lowest BCUT2D eigenvalue weighted by molar-refractivity contribution is -0.145.